The molecule has 0 spiro atoms. The number of carbonyl (C=O) groups excluding carboxylic acids is 3. The third-order valence-electron chi connectivity index (χ3n) is 5.86. The zero-order valence-corrected chi connectivity index (χ0v) is 15.9. The normalized spacial score (nSPS) is 21.7. The Morgan fingerprint density at radius 3 is 2.83 bits per heavy atom. The van der Waals surface area contributed by atoms with E-state index < -0.39 is 6.04 Å². The van der Waals surface area contributed by atoms with E-state index >= 15 is 0 Å². The lowest BCUT2D eigenvalue weighted by molar-refractivity contribution is -0.136. The number of carbonyl (C=O) groups is 3. The molecular weight excluding hydrogens is 372 g/mol. The quantitative estimate of drug-likeness (QED) is 0.634. The number of nitrogens with one attached hydrogen (secondary N) is 3. The van der Waals surface area contributed by atoms with Crippen molar-refractivity contribution in [3.8, 4) is 0 Å². The first-order chi connectivity index (χ1) is 14.1. The van der Waals surface area contributed by atoms with Gasteiger partial charge in [0.15, 0.2) is 0 Å². The van der Waals surface area contributed by atoms with E-state index in [1.54, 1.807) is 11.1 Å². The summed E-state index contributed by atoms with van der Waals surface area (Å²) in [7, 11) is 0. The third-order valence-corrected chi connectivity index (χ3v) is 5.86. The number of amides is 3. The average Bonchev–Trinajstić information content (AvgIpc) is 3.24. The highest BCUT2D eigenvalue weighted by atomic mass is 16.2. The Morgan fingerprint density at radius 1 is 1.21 bits per heavy atom. The summed E-state index contributed by atoms with van der Waals surface area (Å²) in [5, 5.41) is 13.3. The molecule has 4 heterocycles. The minimum absolute atomic E-state index is 0.150. The van der Waals surface area contributed by atoms with Crippen LogP contribution in [-0.2, 0) is 22.7 Å². The van der Waals surface area contributed by atoms with E-state index in [4.69, 9.17) is 0 Å². The third kappa shape index (κ3) is 3.17. The van der Waals surface area contributed by atoms with Gasteiger partial charge >= 0.3 is 0 Å². The number of imide groups is 1. The van der Waals surface area contributed by atoms with Crippen LogP contribution in [0, 0.1) is 0 Å². The van der Waals surface area contributed by atoms with Crippen molar-refractivity contribution in [2.45, 2.75) is 38.0 Å². The van der Waals surface area contributed by atoms with Crippen LogP contribution < -0.4 is 16.0 Å². The lowest BCUT2D eigenvalue weighted by Gasteiger charge is -2.29. The Labute approximate surface area is 167 Å². The van der Waals surface area contributed by atoms with E-state index in [0.717, 1.165) is 29.9 Å². The molecule has 2 fully saturated rings. The standard InChI is InChI=1S/C20H22N6O3/c27-17-5-4-16(19(28)24-17)25-10-13-3-1-2-12(18(13)20(25)29)6-22-14-7-23-26(11-14)15-8-21-9-15/h1-3,7,11,15-16,21-22H,4-6,8-10H2,(H,24,27,28). The fourth-order valence-electron chi connectivity index (χ4n) is 4.12. The van der Waals surface area contributed by atoms with Gasteiger partial charge in [0.1, 0.15) is 6.04 Å². The van der Waals surface area contributed by atoms with Gasteiger partial charge in [-0.15, -0.1) is 0 Å². The van der Waals surface area contributed by atoms with Gasteiger partial charge in [-0.25, -0.2) is 0 Å². The predicted molar refractivity (Wildman–Crippen MR) is 104 cm³/mol. The SMILES string of the molecule is O=C1CCC(N2Cc3cccc(CNc4cnn(C5CNC5)c4)c3C2=O)C(=O)N1. The number of hydrogen-bond acceptors (Lipinski definition) is 6. The van der Waals surface area contributed by atoms with E-state index in [1.165, 1.54) is 0 Å². The van der Waals surface area contributed by atoms with Crippen LogP contribution in [0.5, 0.6) is 0 Å². The Hall–Kier alpha value is -3.20. The van der Waals surface area contributed by atoms with E-state index in [-0.39, 0.29) is 24.1 Å². The van der Waals surface area contributed by atoms with Crippen LogP contribution in [0.2, 0.25) is 0 Å². The summed E-state index contributed by atoms with van der Waals surface area (Å²) in [5.74, 6) is -0.818. The first-order valence-corrected chi connectivity index (χ1v) is 9.84. The highest BCUT2D eigenvalue weighted by Crippen LogP contribution is 2.30. The molecule has 9 nitrogen and oxygen atoms in total. The molecule has 1 unspecified atom stereocenters. The Morgan fingerprint density at radius 2 is 2.07 bits per heavy atom. The topological polar surface area (TPSA) is 108 Å². The van der Waals surface area contributed by atoms with E-state index in [1.807, 2.05) is 29.1 Å². The number of hydrogen-bond donors (Lipinski definition) is 3. The summed E-state index contributed by atoms with van der Waals surface area (Å²) in [6.07, 6.45) is 4.39. The van der Waals surface area contributed by atoms with Crippen LogP contribution in [-0.4, -0.2) is 51.5 Å². The lowest BCUT2D eigenvalue weighted by atomic mass is 10.0. The highest BCUT2D eigenvalue weighted by molar-refractivity contribution is 6.06. The molecule has 9 heteroatoms. The van der Waals surface area contributed by atoms with E-state index in [9.17, 15) is 14.4 Å². The van der Waals surface area contributed by atoms with Gasteiger partial charge in [-0.05, 0) is 17.5 Å². The summed E-state index contributed by atoms with van der Waals surface area (Å²) in [4.78, 5) is 38.3. The van der Waals surface area contributed by atoms with Gasteiger partial charge in [-0.2, -0.15) is 5.10 Å². The monoisotopic (exact) mass is 394 g/mol. The molecule has 0 saturated carbocycles. The van der Waals surface area contributed by atoms with Gasteiger partial charge in [0.05, 0.1) is 17.9 Å². The zero-order chi connectivity index (χ0) is 20.0. The van der Waals surface area contributed by atoms with Crippen molar-refractivity contribution < 1.29 is 14.4 Å². The van der Waals surface area contributed by atoms with Crippen LogP contribution in [0.4, 0.5) is 5.69 Å². The summed E-state index contributed by atoms with van der Waals surface area (Å²) in [5.41, 5.74) is 3.36. The maximum absolute atomic E-state index is 13.1. The van der Waals surface area contributed by atoms with Gasteiger partial charge < -0.3 is 15.5 Å². The van der Waals surface area contributed by atoms with Crippen LogP contribution in [0.3, 0.4) is 0 Å². The van der Waals surface area contributed by atoms with Crippen molar-refractivity contribution >= 4 is 23.4 Å². The molecule has 3 amide bonds. The van der Waals surface area contributed by atoms with Gasteiger partial charge in [0.25, 0.3) is 5.91 Å². The van der Waals surface area contributed by atoms with Crippen LogP contribution in [0.1, 0.15) is 40.4 Å². The molecule has 1 atom stereocenters. The molecule has 0 aliphatic carbocycles. The maximum Gasteiger partial charge on any atom is 0.255 e. The molecule has 1 aromatic heterocycles. The smallest absolute Gasteiger partial charge is 0.255 e. The minimum atomic E-state index is -0.595. The molecule has 5 rings (SSSR count). The van der Waals surface area contributed by atoms with Gasteiger partial charge in [-0.1, -0.05) is 18.2 Å². The molecular formula is C20H22N6O3. The molecule has 150 valence electrons. The van der Waals surface area contributed by atoms with Gasteiger partial charge in [0.2, 0.25) is 11.8 Å². The average molecular weight is 394 g/mol. The van der Waals surface area contributed by atoms with E-state index in [0.29, 0.717) is 31.1 Å². The number of rotatable bonds is 5. The number of piperidine rings is 1. The number of aromatic nitrogens is 2. The van der Waals surface area contributed by atoms with Crippen molar-refractivity contribution in [1.82, 2.24) is 25.3 Å². The fourth-order valence-corrected chi connectivity index (χ4v) is 4.12. The fraction of sp³-hybridized carbons (Fsp3) is 0.400. The zero-order valence-electron chi connectivity index (χ0n) is 15.9. The summed E-state index contributed by atoms with van der Waals surface area (Å²) < 4.78 is 1.95. The summed E-state index contributed by atoms with van der Waals surface area (Å²) >= 11 is 0. The number of fused-ring (bicyclic) bond motifs is 1. The van der Waals surface area contributed by atoms with Crippen molar-refractivity contribution in [1.29, 1.82) is 0 Å². The van der Waals surface area contributed by atoms with Crippen LogP contribution in [0.15, 0.2) is 30.6 Å². The first-order valence-electron chi connectivity index (χ1n) is 9.84. The molecule has 3 aliphatic rings. The summed E-state index contributed by atoms with van der Waals surface area (Å²) in [6, 6.07) is 5.58. The van der Waals surface area contributed by atoms with Crippen LogP contribution >= 0.6 is 0 Å². The van der Waals surface area contributed by atoms with Crippen molar-refractivity contribution in [2.24, 2.45) is 0 Å². The second-order valence-electron chi connectivity index (χ2n) is 7.73. The molecule has 1 aromatic carbocycles. The molecule has 3 N–H and O–H groups in total. The minimum Gasteiger partial charge on any atom is -0.378 e. The second kappa shape index (κ2) is 7.00. The van der Waals surface area contributed by atoms with Crippen molar-refractivity contribution in [3.05, 3.63) is 47.3 Å². The number of anilines is 1. The molecule has 0 bridgehead atoms. The Balaban J connectivity index is 1.31. The van der Waals surface area contributed by atoms with Gasteiger partial charge in [0, 0.05) is 44.4 Å². The molecule has 2 aromatic rings. The highest BCUT2D eigenvalue weighted by Gasteiger charge is 2.39. The molecule has 3 aliphatic heterocycles. The first kappa shape index (κ1) is 17.9. The Bertz CT molecular complexity index is 996. The number of benzene rings is 1. The van der Waals surface area contributed by atoms with Crippen molar-refractivity contribution in [3.63, 3.8) is 0 Å². The van der Waals surface area contributed by atoms with Gasteiger partial charge in [-0.3, -0.25) is 24.4 Å². The van der Waals surface area contributed by atoms with Crippen molar-refractivity contribution in [2.75, 3.05) is 18.4 Å². The van der Waals surface area contributed by atoms with E-state index in [2.05, 4.69) is 21.0 Å². The number of nitrogens with zero attached hydrogens (tertiary/aromatic N) is 3. The Kier molecular flexibility index (Phi) is 4.31. The summed E-state index contributed by atoms with van der Waals surface area (Å²) in [6.45, 7) is 2.74. The van der Waals surface area contributed by atoms with Crippen LogP contribution in [0.25, 0.3) is 0 Å². The molecule has 29 heavy (non-hydrogen) atoms. The largest absolute Gasteiger partial charge is 0.378 e. The maximum atomic E-state index is 13.1. The predicted octanol–water partition coefficient (Wildman–Crippen LogP) is 0.401. The lowest BCUT2D eigenvalue weighted by Crippen LogP contribution is -2.52. The molecule has 0 radical (unpaired) electrons. The molecule has 2 saturated heterocycles. The second-order valence-corrected chi connectivity index (χ2v) is 7.73.